The standard InChI is InChI=1S/C50H34N6/c1-50(2)39-23-11-9-22-37(39)45-44-40(50)24-14-25-41(44)51-49(52-45)56-42-26-12-10-21-36(42)38-30-34(27-28-43(38)56)33-19-13-20-35(29-33)48-54-46(31-15-5-3-6-16-31)53-47(55-48)32-17-7-4-8-18-32/h3-30H,1-2H3. The Labute approximate surface area is 323 Å². The zero-order valence-corrected chi connectivity index (χ0v) is 30.8. The van der Waals surface area contributed by atoms with Crippen molar-refractivity contribution in [2.24, 2.45) is 0 Å². The number of benzene rings is 7. The smallest absolute Gasteiger partial charge is 0.235 e. The monoisotopic (exact) mass is 718 g/mol. The summed E-state index contributed by atoms with van der Waals surface area (Å²) < 4.78 is 2.22. The van der Waals surface area contributed by atoms with Crippen LogP contribution < -0.4 is 0 Å². The van der Waals surface area contributed by atoms with Crippen LogP contribution in [0.5, 0.6) is 0 Å². The average Bonchev–Trinajstić information content (AvgIpc) is 3.59. The van der Waals surface area contributed by atoms with E-state index in [1.807, 2.05) is 60.7 Å². The Bertz CT molecular complexity index is 3110. The largest absolute Gasteiger partial charge is 0.278 e. The van der Waals surface area contributed by atoms with Crippen molar-refractivity contribution < 1.29 is 0 Å². The van der Waals surface area contributed by atoms with Gasteiger partial charge in [-0.1, -0.05) is 153 Å². The van der Waals surface area contributed by atoms with Gasteiger partial charge in [0, 0.05) is 43.8 Å². The minimum absolute atomic E-state index is 0.160. The topological polar surface area (TPSA) is 69.4 Å². The van der Waals surface area contributed by atoms with Crippen molar-refractivity contribution in [3.63, 3.8) is 0 Å². The summed E-state index contributed by atoms with van der Waals surface area (Å²) in [7, 11) is 0. The van der Waals surface area contributed by atoms with Crippen LogP contribution in [0.3, 0.4) is 0 Å². The van der Waals surface area contributed by atoms with Crippen molar-refractivity contribution in [2.75, 3.05) is 0 Å². The first-order valence-electron chi connectivity index (χ1n) is 18.9. The summed E-state index contributed by atoms with van der Waals surface area (Å²) in [6.45, 7) is 4.59. The lowest BCUT2D eigenvalue weighted by molar-refractivity contribution is 0.643. The number of hydrogen-bond acceptors (Lipinski definition) is 5. The van der Waals surface area contributed by atoms with Crippen LogP contribution in [0.4, 0.5) is 0 Å². The molecule has 3 heterocycles. The fourth-order valence-electron chi connectivity index (χ4n) is 8.51. The quantitative estimate of drug-likeness (QED) is 0.177. The fraction of sp³-hybridized carbons (Fsp3) is 0.0600. The Morgan fingerprint density at radius 1 is 0.411 bits per heavy atom. The molecular formula is C50H34N6. The Kier molecular flexibility index (Phi) is 7.10. The fourth-order valence-corrected chi connectivity index (χ4v) is 8.51. The molecule has 0 unspecified atom stereocenters. The van der Waals surface area contributed by atoms with Gasteiger partial charge < -0.3 is 0 Å². The SMILES string of the molecule is CC1(C)c2ccccc2-c2nc(-n3c4ccccc4c4cc(-c5cccc(-c6nc(-c7ccccc7)nc(-c7ccccc7)n6)c5)ccc43)nc3cccc1c23. The normalized spacial score (nSPS) is 13.0. The number of nitrogens with zero attached hydrogens (tertiary/aromatic N) is 6. The predicted octanol–water partition coefficient (Wildman–Crippen LogP) is 11.9. The molecule has 3 aromatic heterocycles. The first-order valence-corrected chi connectivity index (χ1v) is 18.9. The maximum Gasteiger partial charge on any atom is 0.235 e. The predicted molar refractivity (Wildman–Crippen MR) is 227 cm³/mol. The molecule has 0 amide bonds. The molecular weight excluding hydrogens is 685 g/mol. The second kappa shape index (κ2) is 12.4. The third kappa shape index (κ3) is 5.00. The van der Waals surface area contributed by atoms with E-state index in [4.69, 9.17) is 24.9 Å². The number of hydrogen-bond donors (Lipinski definition) is 0. The lowest BCUT2D eigenvalue weighted by Crippen LogP contribution is -2.24. The minimum atomic E-state index is -0.160. The summed E-state index contributed by atoms with van der Waals surface area (Å²) in [5.74, 6) is 2.58. The van der Waals surface area contributed by atoms with Gasteiger partial charge in [0.2, 0.25) is 5.95 Å². The molecule has 0 radical (unpaired) electrons. The van der Waals surface area contributed by atoms with Crippen LogP contribution >= 0.6 is 0 Å². The van der Waals surface area contributed by atoms with Crippen molar-refractivity contribution in [1.29, 1.82) is 0 Å². The molecule has 11 rings (SSSR count). The van der Waals surface area contributed by atoms with Crippen molar-refractivity contribution in [1.82, 2.24) is 29.5 Å². The Balaban J connectivity index is 1.06. The third-order valence-electron chi connectivity index (χ3n) is 11.3. The van der Waals surface area contributed by atoms with Crippen LogP contribution in [-0.4, -0.2) is 29.5 Å². The molecule has 0 fully saturated rings. The molecule has 10 aromatic rings. The average molecular weight is 719 g/mol. The van der Waals surface area contributed by atoms with Crippen LogP contribution in [0.25, 0.3) is 95.2 Å². The summed E-state index contributed by atoms with van der Waals surface area (Å²) in [5, 5.41) is 3.41. The highest BCUT2D eigenvalue weighted by Gasteiger charge is 2.34. The summed E-state index contributed by atoms with van der Waals surface area (Å²) in [4.78, 5) is 25.5. The van der Waals surface area contributed by atoms with E-state index in [1.54, 1.807) is 0 Å². The van der Waals surface area contributed by atoms with Gasteiger partial charge in [0.05, 0.1) is 22.2 Å². The van der Waals surface area contributed by atoms with E-state index in [0.29, 0.717) is 23.4 Å². The number of rotatable bonds is 5. The van der Waals surface area contributed by atoms with Gasteiger partial charge in [-0.15, -0.1) is 0 Å². The van der Waals surface area contributed by atoms with E-state index in [1.165, 1.54) is 11.1 Å². The lowest BCUT2D eigenvalue weighted by Gasteiger charge is -2.34. The molecule has 0 aliphatic heterocycles. The van der Waals surface area contributed by atoms with Gasteiger partial charge in [0.1, 0.15) is 0 Å². The van der Waals surface area contributed by atoms with Gasteiger partial charge in [0.15, 0.2) is 17.5 Å². The van der Waals surface area contributed by atoms with Crippen molar-refractivity contribution in [3.05, 3.63) is 181 Å². The van der Waals surface area contributed by atoms with E-state index in [2.05, 4.69) is 128 Å². The highest BCUT2D eigenvalue weighted by molar-refractivity contribution is 6.10. The zero-order valence-electron chi connectivity index (χ0n) is 30.8. The van der Waals surface area contributed by atoms with Gasteiger partial charge in [-0.05, 0) is 52.6 Å². The number of fused-ring (bicyclic) bond motifs is 5. The van der Waals surface area contributed by atoms with Gasteiger partial charge >= 0.3 is 0 Å². The van der Waals surface area contributed by atoms with Gasteiger partial charge in [0.25, 0.3) is 0 Å². The van der Waals surface area contributed by atoms with Crippen molar-refractivity contribution in [2.45, 2.75) is 19.3 Å². The van der Waals surface area contributed by atoms with Crippen molar-refractivity contribution >= 4 is 32.7 Å². The first kappa shape index (κ1) is 32.1. The molecule has 6 heteroatoms. The Morgan fingerprint density at radius 2 is 0.982 bits per heavy atom. The Hall–Kier alpha value is -7.31. The highest BCUT2D eigenvalue weighted by atomic mass is 15.2. The zero-order chi connectivity index (χ0) is 37.4. The van der Waals surface area contributed by atoms with Gasteiger partial charge in [-0.3, -0.25) is 4.57 Å². The van der Waals surface area contributed by atoms with E-state index < -0.39 is 0 Å². The molecule has 0 N–H and O–H groups in total. The summed E-state index contributed by atoms with van der Waals surface area (Å²) in [6.07, 6.45) is 0. The van der Waals surface area contributed by atoms with Crippen LogP contribution in [0.1, 0.15) is 25.0 Å². The summed E-state index contributed by atoms with van der Waals surface area (Å²) >= 11 is 0. The maximum atomic E-state index is 5.40. The van der Waals surface area contributed by atoms with E-state index in [0.717, 1.165) is 71.8 Å². The molecule has 0 atom stereocenters. The second-order valence-corrected chi connectivity index (χ2v) is 14.9. The molecule has 0 spiro atoms. The van der Waals surface area contributed by atoms with E-state index in [-0.39, 0.29) is 5.41 Å². The third-order valence-corrected chi connectivity index (χ3v) is 11.3. The molecule has 1 aliphatic rings. The second-order valence-electron chi connectivity index (χ2n) is 14.9. The molecule has 7 aromatic carbocycles. The number of aromatic nitrogens is 6. The molecule has 0 bridgehead atoms. The minimum Gasteiger partial charge on any atom is -0.278 e. The molecule has 0 saturated carbocycles. The molecule has 1 aliphatic carbocycles. The molecule has 264 valence electrons. The highest BCUT2D eigenvalue weighted by Crippen LogP contribution is 2.48. The molecule has 6 nitrogen and oxygen atoms in total. The van der Waals surface area contributed by atoms with Crippen molar-refractivity contribution in [3.8, 4) is 62.5 Å². The lowest BCUT2D eigenvalue weighted by atomic mass is 9.70. The molecule has 0 saturated heterocycles. The van der Waals surface area contributed by atoms with E-state index in [9.17, 15) is 0 Å². The summed E-state index contributed by atoms with van der Waals surface area (Å²) in [6, 6.07) is 59.0. The van der Waals surface area contributed by atoms with Crippen LogP contribution in [-0.2, 0) is 5.41 Å². The van der Waals surface area contributed by atoms with Gasteiger partial charge in [-0.2, -0.15) is 0 Å². The first-order chi connectivity index (χ1) is 27.5. The maximum absolute atomic E-state index is 5.40. The van der Waals surface area contributed by atoms with Crippen LogP contribution in [0.2, 0.25) is 0 Å². The Morgan fingerprint density at radius 3 is 1.75 bits per heavy atom. The van der Waals surface area contributed by atoms with Crippen LogP contribution in [0.15, 0.2) is 170 Å². The van der Waals surface area contributed by atoms with E-state index >= 15 is 0 Å². The summed E-state index contributed by atoms with van der Waals surface area (Å²) in [5.41, 5.74) is 12.6. The van der Waals surface area contributed by atoms with Gasteiger partial charge in [-0.25, -0.2) is 24.9 Å². The number of para-hydroxylation sites is 1. The van der Waals surface area contributed by atoms with Crippen LogP contribution in [0, 0.1) is 0 Å². The molecule has 56 heavy (non-hydrogen) atoms.